The number of carbonyl (C=O) groups is 1. The van der Waals surface area contributed by atoms with Gasteiger partial charge in [0.15, 0.2) is 5.75 Å². The molecule has 0 bridgehead atoms. The molecule has 1 aromatic heterocycles. The molecule has 2 aromatic rings. The highest BCUT2D eigenvalue weighted by Gasteiger charge is 2.14. The van der Waals surface area contributed by atoms with Gasteiger partial charge in [-0.25, -0.2) is 9.78 Å². The second kappa shape index (κ2) is 5.16. The van der Waals surface area contributed by atoms with Crippen LogP contribution >= 0.6 is 22.9 Å². The number of aromatic nitrogens is 1. The second-order valence-corrected chi connectivity index (χ2v) is 4.52. The van der Waals surface area contributed by atoms with E-state index >= 15 is 0 Å². The molecule has 1 aromatic carbocycles. The number of ether oxygens (including phenoxy) is 1. The molecule has 0 spiro atoms. The third-order valence-corrected chi connectivity index (χ3v) is 3.07. The number of aromatic carboxylic acids is 1. The van der Waals surface area contributed by atoms with Gasteiger partial charge in [-0.3, -0.25) is 0 Å². The van der Waals surface area contributed by atoms with E-state index in [0.717, 1.165) is 5.01 Å². The molecule has 0 saturated heterocycles. The van der Waals surface area contributed by atoms with E-state index in [-0.39, 0.29) is 22.9 Å². The van der Waals surface area contributed by atoms with Crippen LogP contribution in [0.2, 0.25) is 5.02 Å². The molecule has 0 aliphatic rings. The molecule has 17 heavy (non-hydrogen) atoms. The van der Waals surface area contributed by atoms with E-state index in [1.807, 2.05) is 5.38 Å². The average molecular weight is 270 g/mol. The molecule has 4 nitrogen and oxygen atoms in total. The Balaban J connectivity index is 2.22. The Bertz CT molecular complexity index is 528. The van der Waals surface area contributed by atoms with Gasteiger partial charge in [0, 0.05) is 11.6 Å². The van der Waals surface area contributed by atoms with E-state index in [1.165, 1.54) is 17.4 Å². The SMILES string of the molecule is O=C(O)c1cccc(Cl)c1OCc1nccs1. The zero-order valence-electron chi connectivity index (χ0n) is 8.59. The van der Waals surface area contributed by atoms with Crippen molar-refractivity contribution >= 4 is 28.9 Å². The minimum Gasteiger partial charge on any atom is -0.484 e. The van der Waals surface area contributed by atoms with Gasteiger partial charge in [0.2, 0.25) is 0 Å². The van der Waals surface area contributed by atoms with Crippen LogP contribution in [0, 0.1) is 0 Å². The molecule has 6 heteroatoms. The number of halogens is 1. The summed E-state index contributed by atoms with van der Waals surface area (Å²) in [5.41, 5.74) is 0.0501. The molecule has 0 saturated carbocycles. The van der Waals surface area contributed by atoms with Crippen LogP contribution in [-0.2, 0) is 6.61 Å². The summed E-state index contributed by atoms with van der Waals surface area (Å²) in [6.45, 7) is 0.210. The third kappa shape index (κ3) is 2.75. The van der Waals surface area contributed by atoms with Crippen molar-refractivity contribution in [1.82, 2.24) is 4.98 Å². The van der Waals surface area contributed by atoms with Crippen molar-refractivity contribution in [2.24, 2.45) is 0 Å². The Kier molecular flexibility index (Phi) is 3.61. The van der Waals surface area contributed by atoms with Crippen LogP contribution in [0.1, 0.15) is 15.4 Å². The maximum absolute atomic E-state index is 11.0. The fourth-order valence-corrected chi connectivity index (χ4v) is 2.04. The van der Waals surface area contributed by atoms with E-state index in [0.29, 0.717) is 0 Å². The normalized spacial score (nSPS) is 10.2. The number of benzene rings is 1. The summed E-state index contributed by atoms with van der Waals surface area (Å²) in [6.07, 6.45) is 1.66. The lowest BCUT2D eigenvalue weighted by Crippen LogP contribution is -2.03. The molecule has 0 aliphatic heterocycles. The summed E-state index contributed by atoms with van der Waals surface area (Å²) in [5, 5.41) is 11.9. The summed E-state index contributed by atoms with van der Waals surface area (Å²) in [5.74, 6) is -0.890. The molecule has 0 unspecified atom stereocenters. The van der Waals surface area contributed by atoms with Crippen molar-refractivity contribution in [2.75, 3.05) is 0 Å². The molecule has 0 aliphatic carbocycles. The van der Waals surface area contributed by atoms with Crippen LogP contribution < -0.4 is 4.74 Å². The van der Waals surface area contributed by atoms with Crippen molar-refractivity contribution in [1.29, 1.82) is 0 Å². The van der Waals surface area contributed by atoms with Crippen molar-refractivity contribution < 1.29 is 14.6 Å². The third-order valence-electron chi connectivity index (χ3n) is 2.02. The van der Waals surface area contributed by atoms with Gasteiger partial charge in [0.1, 0.15) is 17.2 Å². The van der Waals surface area contributed by atoms with E-state index in [9.17, 15) is 4.79 Å². The molecule has 0 atom stereocenters. The maximum Gasteiger partial charge on any atom is 0.339 e. The molecular formula is C11H8ClNO3S. The monoisotopic (exact) mass is 269 g/mol. The maximum atomic E-state index is 11.0. The van der Waals surface area contributed by atoms with Crippen LogP contribution in [0.25, 0.3) is 0 Å². The van der Waals surface area contributed by atoms with Gasteiger partial charge in [0.05, 0.1) is 5.02 Å². The van der Waals surface area contributed by atoms with Crippen molar-refractivity contribution in [3.63, 3.8) is 0 Å². The number of nitrogens with zero attached hydrogens (tertiary/aromatic N) is 1. The van der Waals surface area contributed by atoms with Gasteiger partial charge >= 0.3 is 5.97 Å². The fraction of sp³-hybridized carbons (Fsp3) is 0.0909. The predicted molar refractivity (Wildman–Crippen MR) is 64.9 cm³/mol. The van der Waals surface area contributed by atoms with E-state index < -0.39 is 5.97 Å². The van der Waals surface area contributed by atoms with E-state index in [2.05, 4.69) is 4.98 Å². The number of hydrogen-bond donors (Lipinski definition) is 1. The quantitative estimate of drug-likeness (QED) is 0.927. The first-order valence-electron chi connectivity index (χ1n) is 4.71. The highest BCUT2D eigenvalue weighted by Crippen LogP contribution is 2.29. The molecule has 1 heterocycles. The summed E-state index contributed by atoms with van der Waals surface area (Å²) >= 11 is 7.34. The minimum atomic E-state index is -1.07. The summed E-state index contributed by atoms with van der Waals surface area (Å²) in [6, 6.07) is 4.61. The van der Waals surface area contributed by atoms with Gasteiger partial charge in [-0.2, -0.15) is 0 Å². The molecule has 88 valence electrons. The fourth-order valence-electron chi connectivity index (χ4n) is 1.28. The number of thiazole rings is 1. The average Bonchev–Trinajstić information content (AvgIpc) is 2.80. The molecule has 0 fully saturated rings. The lowest BCUT2D eigenvalue weighted by atomic mass is 10.2. The van der Waals surface area contributed by atoms with Crippen molar-refractivity contribution in [2.45, 2.75) is 6.61 Å². The zero-order chi connectivity index (χ0) is 12.3. The first-order valence-corrected chi connectivity index (χ1v) is 5.97. The van der Waals surface area contributed by atoms with Crippen molar-refractivity contribution in [3.05, 3.63) is 45.4 Å². The van der Waals surface area contributed by atoms with Gasteiger partial charge in [-0.15, -0.1) is 11.3 Å². The largest absolute Gasteiger partial charge is 0.484 e. The van der Waals surface area contributed by atoms with Crippen LogP contribution in [0.3, 0.4) is 0 Å². The Labute approximate surface area is 106 Å². The predicted octanol–water partition coefficient (Wildman–Crippen LogP) is 3.07. The molecular weight excluding hydrogens is 262 g/mol. The van der Waals surface area contributed by atoms with Gasteiger partial charge in [0.25, 0.3) is 0 Å². The van der Waals surface area contributed by atoms with Crippen LogP contribution in [0.15, 0.2) is 29.8 Å². The first kappa shape index (κ1) is 11.9. The van der Waals surface area contributed by atoms with Gasteiger partial charge in [-0.05, 0) is 12.1 Å². The smallest absolute Gasteiger partial charge is 0.339 e. The summed E-state index contributed by atoms with van der Waals surface area (Å²) in [4.78, 5) is 15.0. The van der Waals surface area contributed by atoms with Crippen molar-refractivity contribution in [3.8, 4) is 5.75 Å². The Morgan fingerprint density at radius 3 is 3.00 bits per heavy atom. The zero-order valence-corrected chi connectivity index (χ0v) is 10.2. The topological polar surface area (TPSA) is 59.4 Å². The Morgan fingerprint density at radius 2 is 2.35 bits per heavy atom. The molecule has 0 radical (unpaired) electrons. The van der Waals surface area contributed by atoms with Crippen LogP contribution in [0.5, 0.6) is 5.75 Å². The van der Waals surface area contributed by atoms with E-state index in [1.54, 1.807) is 18.3 Å². The van der Waals surface area contributed by atoms with Crippen LogP contribution in [0.4, 0.5) is 0 Å². The molecule has 2 rings (SSSR count). The first-order chi connectivity index (χ1) is 8.18. The van der Waals surface area contributed by atoms with Gasteiger partial charge < -0.3 is 9.84 Å². The lowest BCUT2D eigenvalue weighted by molar-refractivity contribution is 0.0692. The summed E-state index contributed by atoms with van der Waals surface area (Å²) < 4.78 is 5.41. The Hall–Kier alpha value is -1.59. The van der Waals surface area contributed by atoms with Crippen LogP contribution in [-0.4, -0.2) is 16.1 Å². The van der Waals surface area contributed by atoms with E-state index in [4.69, 9.17) is 21.4 Å². The highest BCUT2D eigenvalue weighted by atomic mass is 35.5. The lowest BCUT2D eigenvalue weighted by Gasteiger charge is -2.09. The Morgan fingerprint density at radius 1 is 1.53 bits per heavy atom. The standard InChI is InChI=1S/C11H8ClNO3S/c12-8-3-1-2-7(11(14)15)10(8)16-6-9-13-4-5-17-9/h1-5H,6H2,(H,14,15). The second-order valence-electron chi connectivity index (χ2n) is 3.14. The molecule has 0 amide bonds. The number of carboxylic acid groups (broad SMARTS) is 1. The number of rotatable bonds is 4. The highest BCUT2D eigenvalue weighted by molar-refractivity contribution is 7.09. The number of hydrogen-bond acceptors (Lipinski definition) is 4. The number of carboxylic acids is 1. The number of para-hydroxylation sites is 1. The molecule has 1 N–H and O–H groups in total. The van der Waals surface area contributed by atoms with Gasteiger partial charge in [-0.1, -0.05) is 17.7 Å². The summed E-state index contributed by atoms with van der Waals surface area (Å²) in [7, 11) is 0. The minimum absolute atomic E-state index is 0.0501.